The average molecular weight is 247 g/mol. The highest BCUT2D eigenvalue weighted by Crippen LogP contribution is 2.20. The Bertz CT molecular complexity index is 519. The van der Waals surface area contributed by atoms with Crippen molar-refractivity contribution in [1.29, 1.82) is 0 Å². The molecule has 0 aliphatic rings. The first-order valence-corrected chi connectivity index (χ1v) is 6.49. The molecule has 0 saturated heterocycles. The molecule has 0 aliphatic carbocycles. The molecule has 98 valence electrons. The van der Waals surface area contributed by atoms with Crippen molar-refractivity contribution in [1.82, 2.24) is 9.55 Å². The molecule has 0 fully saturated rings. The number of hydrogen-bond acceptors (Lipinski definition) is 3. The van der Waals surface area contributed by atoms with Crippen molar-refractivity contribution in [3.05, 3.63) is 24.0 Å². The quantitative estimate of drug-likeness (QED) is 0.630. The van der Waals surface area contributed by atoms with E-state index in [0.29, 0.717) is 0 Å². The summed E-state index contributed by atoms with van der Waals surface area (Å²) in [7, 11) is 1.74. The topological polar surface area (TPSA) is 53.1 Å². The van der Waals surface area contributed by atoms with Gasteiger partial charge in [-0.05, 0) is 31.0 Å². The van der Waals surface area contributed by atoms with Crippen molar-refractivity contribution in [2.45, 2.75) is 32.7 Å². The summed E-state index contributed by atoms with van der Waals surface area (Å²) in [5.74, 6) is 1.15. The molecular formula is C14H21N3O. The number of nitrogens with two attached hydrogens (primary N) is 1. The number of hydrogen-bond donors (Lipinski definition) is 1. The van der Waals surface area contributed by atoms with Crippen LogP contribution in [0.1, 0.15) is 25.6 Å². The number of methoxy groups -OCH3 is 1. The van der Waals surface area contributed by atoms with E-state index in [9.17, 15) is 0 Å². The molecule has 2 rings (SSSR count). The Morgan fingerprint density at radius 2 is 2.22 bits per heavy atom. The van der Waals surface area contributed by atoms with E-state index in [-0.39, 0.29) is 0 Å². The molecule has 4 heteroatoms. The average Bonchev–Trinajstić information content (AvgIpc) is 2.67. The zero-order valence-electron chi connectivity index (χ0n) is 11.1. The van der Waals surface area contributed by atoms with Crippen molar-refractivity contribution >= 4 is 16.7 Å². The first kappa shape index (κ1) is 12.9. The summed E-state index contributed by atoms with van der Waals surface area (Å²) in [5, 5.41) is 0. The van der Waals surface area contributed by atoms with Crippen molar-refractivity contribution in [2.24, 2.45) is 0 Å². The molecule has 0 atom stereocenters. The fraction of sp³-hybridized carbons (Fsp3) is 0.500. The monoisotopic (exact) mass is 247 g/mol. The Labute approximate surface area is 108 Å². The van der Waals surface area contributed by atoms with Crippen LogP contribution in [0.4, 0.5) is 5.69 Å². The van der Waals surface area contributed by atoms with Gasteiger partial charge in [0.1, 0.15) is 5.82 Å². The molecule has 0 unspecified atom stereocenters. The lowest BCUT2D eigenvalue weighted by Crippen LogP contribution is -2.06. The number of aryl methyl sites for hydroxylation is 2. The molecule has 2 N–H and O–H groups in total. The fourth-order valence-electron chi connectivity index (χ4n) is 2.23. The van der Waals surface area contributed by atoms with E-state index in [1.165, 1.54) is 5.52 Å². The number of anilines is 1. The van der Waals surface area contributed by atoms with Gasteiger partial charge >= 0.3 is 0 Å². The predicted octanol–water partition coefficient (Wildman–Crippen LogP) is 2.61. The molecule has 18 heavy (non-hydrogen) atoms. The maximum absolute atomic E-state index is 5.81. The van der Waals surface area contributed by atoms with Crippen LogP contribution in [0.3, 0.4) is 0 Å². The predicted molar refractivity (Wildman–Crippen MR) is 74.6 cm³/mol. The third-order valence-corrected chi connectivity index (χ3v) is 3.06. The Hall–Kier alpha value is -1.55. The second-order valence-electron chi connectivity index (χ2n) is 4.52. The molecule has 0 aliphatic heterocycles. The summed E-state index contributed by atoms with van der Waals surface area (Å²) in [4.78, 5) is 4.68. The summed E-state index contributed by atoms with van der Waals surface area (Å²) < 4.78 is 7.41. The Morgan fingerprint density at radius 3 is 2.94 bits per heavy atom. The van der Waals surface area contributed by atoms with Crippen molar-refractivity contribution < 1.29 is 4.74 Å². The third-order valence-electron chi connectivity index (χ3n) is 3.06. The molecule has 0 radical (unpaired) electrons. The Kier molecular flexibility index (Phi) is 4.20. The first-order chi connectivity index (χ1) is 8.76. The van der Waals surface area contributed by atoms with Gasteiger partial charge in [-0.15, -0.1) is 0 Å². The molecular weight excluding hydrogens is 226 g/mol. The van der Waals surface area contributed by atoms with E-state index in [0.717, 1.165) is 49.4 Å². The van der Waals surface area contributed by atoms with Gasteiger partial charge in [-0.25, -0.2) is 4.98 Å². The first-order valence-electron chi connectivity index (χ1n) is 6.49. The van der Waals surface area contributed by atoms with Crippen LogP contribution >= 0.6 is 0 Å². The summed E-state index contributed by atoms with van der Waals surface area (Å²) >= 11 is 0. The molecule has 1 aromatic heterocycles. The van der Waals surface area contributed by atoms with Gasteiger partial charge in [0.05, 0.1) is 11.0 Å². The summed E-state index contributed by atoms with van der Waals surface area (Å²) in [6, 6.07) is 5.94. The normalized spacial score (nSPS) is 11.2. The van der Waals surface area contributed by atoms with Gasteiger partial charge in [0, 0.05) is 32.4 Å². The maximum atomic E-state index is 5.81. The molecule has 0 saturated carbocycles. The van der Waals surface area contributed by atoms with Crippen molar-refractivity contribution in [2.75, 3.05) is 19.5 Å². The van der Waals surface area contributed by atoms with Gasteiger partial charge in [0.25, 0.3) is 0 Å². The summed E-state index contributed by atoms with van der Waals surface area (Å²) in [5.41, 5.74) is 8.75. The van der Waals surface area contributed by atoms with Crippen molar-refractivity contribution in [3.63, 3.8) is 0 Å². The summed E-state index contributed by atoms with van der Waals surface area (Å²) in [6.07, 6.45) is 3.10. The highest BCUT2D eigenvalue weighted by atomic mass is 16.5. The number of nitrogen functional groups attached to an aromatic ring is 1. The minimum absolute atomic E-state index is 0.770. The molecule has 2 aromatic rings. The van der Waals surface area contributed by atoms with E-state index < -0.39 is 0 Å². The van der Waals surface area contributed by atoms with E-state index in [1.54, 1.807) is 7.11 Å². The van der Waals surface area contributed by atoms with Crippen LogP contribution < -0.4 is 5.73 Å². The van der Waals surface area contributed by atoms with Gasteiger partial charge in [0.15, 0.2) is 0 Å². The highest BCUT2D eigenvalue weighted by molar-refractivity contribution is 5.79. The molecule has 1 heterocycles. The molecule has 0 amide bonds. The minimum atomic E-state index is 0.770. The molecule has 1 aromatic carbocycles. The maximum Gasteiger partial charge on any atom is 0.109 e. The lowest BCUT2D eigenvalue weighted by molar-refractivity contribution is 0.190. The fourth-order valence-corrected chi connectivity index (χ4v) is 2.23. The Balaban J connectivity index is 2.35. The van der Waals surface area contributed by atoms with Crippen LogP contribution in [0.2, 0.25) is 0 Å². The van der Waals surface area contributed by atoms with E-state index in [4.69, 9.17) is 10.5 Å². The van der Waals surface area contributed by atoms with E-state index in [1.807, 2.05) is 12.1 Å². The largest absolute Gasteiger partial charge is 0.399 e. The zero-order valence-corrected chi connectivity index (χ0v) is 11.1. The van der Waals surface area contributed by atoms with Crippen LogP contribution in [0, 0.1) is 0 Å². The number of ether oxygens (including phenoxy) is 1. The summed E-state index contributed by atoms with van der Waals surface area (Å²) in [6.45, 7) is 3.90. The number of imidazole rings is 1. The molecule has 4 nitrogen and oxygen atoms in total. The van der Waals surface area contributed by atoms with Gasteiger partial charge in [-0.3, -0.25) is 0 Å². The van der Waals surface area contributed by atoms with Crippen LogP contribution in [-0.4, -0.2) is 23.3 Å². The lowest BCUT2D eigenvalue weighted by Gasteiger charge is -2.08. The van der Waals surface area contributed by atoms with Crippen LogP contribution in [-0.2, 0) is 17.7 Å². The smallest absolute Gasteiger partial charge is 0.109 e. The number of aromatic nitrogens is 2. The van der Waals surface area contributed by atoms with Crippen LogP contribution in [0.25, 0.3) is 11.0 Å². The second-order valence-corrected chi connectivity index (χ2v) is 4.52. The Morgan fingerprint density at radius 1 is 1.39 bits per heavy atom. The van der Waals surface area contributed by atoms with E-state index in [2.05, 4.69) is 22.5 Å². The van der Waals surface area contributed by atoms with Gasteiger partial charge in [-0.1, -0.05) is 6.92 Å². The van der Waals surface area contributed by atoms with Gasteiger partial charge < -0.3 is 15.0 Å². The third kappa shape index (κ3) is 2.64. The molecule has 0 bridgehead atoms. The lowest BCUT2D eigenvalue weighted by atomic mass is 10.2. The van der Waals surface area contributed by atoms with Crippen molar-refractivity contribution in [3.8, 4) is 0 Å². The molecule has 0 spiro atoms. The standard InChI is InChI=1S/C14H21N3O/c1-3-5-14-16-12-10-11(15)6-7-13(12)17(14)8-4-9-18-2/h6-7,10H,3-5,8-9,15H2,1-2H3. The SMILES string of the molecule is CCCc1nc2cc(N)ccc2n1CCCOC. The zero-order chi connectivity index (χ0) is 13.0. The van der Waals surface area contributed by atoms with Gasteiger partial charge in [0.2, 0.25) is 0 Å². The highest BCUT2D eigenvalue weighted by Gasteiger charge is 2.09. The second kappa shape index (κ2) is 5.87. The van der Waals surface area contributed by atoms with E-state index >= 15 is 0 Å². The van der Waals surface area contributed by atoms with Crippen LogP contribution in [0.15, 0.2) is 18.2 Å². The number of fused-ring (bicyclic) bond motifs is 1. The number of nitrogens with zero attached hydrogens (tertiary/aromatic N) is 2. The van der Waals surface area contributed by atoms with Gasteiger partial charge in [-0.2, -0.15) is 0 Å². The number of benzene rings is 1. The minimum Gasteiger partial charge on any atom is -0.399 e. The number of rotatable bonds is 6. The van der Waals surface area contributed by atoms with Crippen LogP contribution in [0.5, 0.6) is 0 Å².